The summed E-state index contributed by atoms with van der Waals surface area (Å²) in [5.41, 5.74) is 1.49. The predicted molar refractivity (Wildman–Crippen MR) is 80.2 cm³/mol. The van der Waals surface area contributed by atoms with Gasteiger partial charge in [-0.05, 0) is 29.8 Å². The molecule has 1 aromatic heterocycles. The summed E-state index contributed by atoms with van der Waals surface area (Å²) in [7, 11) is 1.68. The molecule has 0 radical (unpaired) electrons. The fraction of sp³-hybridized carbons (Fsp3) is 0.267. The second-order valence-corrected chi connectivity index (χ2v) is 5.10. The first-order valence-corrected chi connectivity index (χ1v) is 7.39. The van der Waals surface area contributed by atoms with Crippen molar-refractivity contribution in [1.82, 2.24) is 4.98 Å². The lowest BCUT2D eigenvalue weighted by Gasteiger charge is -2.20. The van der Waals surface area contributed by atoms with E-state index < -0.39 is 11.6 Å². The first kappa shape index (κ1) is 14.9. The molecule has 106 valence electrons. The number of likely N-dealkylation sites (N-methyl/N-ethyl adjacent to an activating group) is 1. The van der Waals surface area contributed by atoms with Crippen LogP contribution in [0.1, 0.15) is 11.3 Å². The Morgan fingerprint density at radius 3 is 2.45 bits per heavy atom. The number of nitrogens with zero attached hydrogens (tertiary/aromatic N) is 2. The van der Waals surface area contributed by atoms with Gasteiger partial charge in [-0.15, -0.1) is 0 Å². The Bertz CT molecular complexity index is 552. The van der Waals surface area contributed by atoms with Gasteiger partial charge in [0.25, 0.3) is 0 Å². The maximum absolute atomic E-state index is 14.0. The number of anilines is 1. The number of hydrogen-bond donors (Lipinski definition) is 0. The first-order valence-electron chi connectivity index (χ1n) is 6.26. The second kappa shape index (κ2) is 6.79. The highest BCUT2D eigenvalue weighted by Gasteiger charge is 2.15. The fourth-order valence-corrected chi connectivity index (χ4v) is 2.32. The Balaban J connectivity index is 2.11. The minimum Gasteiger partial charge on any atom is -0.369 e. The summed E-state index contributed by atoms with van der Waals surface area (Å²) in [5, 5.41) is 0.429. The van der Waals surface area contributed by atoms with Crippen molar-refractivity contribution in [2.24, 2.45) is 0 Å². The third-order valence-corrected chi connectivity index (χ3v) is 3.69. The van der Waals surface area contributed by atoms with Crippen LogP contribution in [0.5, 0.6) is 0 Å². The van der Waals surface area contributed by atoms with E-state index in [4.69, 9.17) is 0 Å². The quantitative estimate of drug-likeness (QED) is 0.766. The Kier molecular flexibility index (Phi) is 5.06. The molecule has 0 unspecified atom stereocenters. The zero-order valence-corrected chi connectivity index (χ0v) is 12.7. The number of rotatable bonds is 5. The molecule has 1 heterocycles. The standard InChI is InChI=1S/C15H15BrF2N2/c1-20(7-5-12-4-2-3-6-19-12)15-13(17)8-11(10-16)9-14(15)18/h2-4,6,8-9H,5,7,10H2,1H3. The molecule has 0 N–H and O–H groups in total. The van der Waals surface area contributed by atoms with Gasteiger partial charge in [-0.1, -0.05) is 22.0 Å². The van der Waals surface area contributed by atoms with Gasteiger partial charge in [-0.25, -0.2) is 8.78 Å². The molecule has 2 aromatic rings. The third-order valence-electron chi connectivity index (χ3n) is 3.04. The van der Waals surface area contributed by atoms with Crippen molar-refractivity contribution in [2.75, 3.05) is 18.5 Å². The lowest BCUT2D eigenvalue weighted by Crippen LogP contribution is -2.23. The molecular formula is C15H15BrF2N2. The molecule has 0 saturated carbocycles. The molecule has 0 aliphatic carbocycles. The van der Waals surface area contributed by atoms with Crippen LogP contribution in [-0.4, -0.2) is 18.6 Å². The molecular weight excluding hydrogens is 326 g/mol. The van der Waals surface area contributed by atoms with Crippen molar-refractivity contribution in [1.29, 1.82) is 0 Å². The van der Waals surface area contributed by atoms with E-state index >= 15 is 0 Å². The maximum Gasteiger partial charge on any atom is 0.149 e. The van der Waals surface area contributed by atoms with Gasteiger partial charge in [-0.3, -0.25) is 4.98 Å². The van der Waals surface area contributed by atoms with E-state index in [0.717, 1.165) is 5.69 Å². The van der Waals surface area contributed by atoms with Gasteiger partial charge in [0, 0.05) is 37.2 Å². The first-order chi connectivity index (χ1) is 9.61. The lowest BCUT2D eigenvalue weighted by molar-refractivity contribution is 0.574. The van der Waals surface area contributed by atoms with Crippen molar-refractivity contribution >= 4 is 21.6 Å². The minimum atomic E-state index is -0.539. The van der Waals surface area contributed by atoms with Crippen LogP contribution in [0.4, 0.5) is 14.5 Å². The minimum absolute atomic E-state index is 0.00521. The van der Waals surface area contributed by atoms with Gasteiger partial charge in [0.05, 0.1) is 0 Å². The number of hydrogen-bond acceptors (Lipinski definition) is 2. The van der Waals surface area contributed by atoms with Gasteiger partial charge >= 0.3 is 0 Å². The molecule has 0 bridgehead atoms. The van der Waals surface area contributed by atoms with Gasteiger partial charge in [0.1, 0.15) is 17.3 Å². The molecule has 0 fully saturated rings. The van der Waals surface area contributed by atoms with E-state index in [-0.39, 0.29) is 5.69 Å². The molecule has 0 atom stereocenters. The number of aromatic nitrogens is 1. The number of halogens is 3. The van der Waals surface area contributed by atoms with E-state index in [1.807, 2.05) is 18.2 Å². The van der Waals surface area contributed by atoms with Crippen molar-refractivity contribution in [3.63, 3.8) is 0 Å². The smallest absolute Gasteiger partial charge is 0.149 e. The highest BCUT2D eigenvalue weighted by atomic mass is 79.9. The van der Waals surface area contributed by atoms with Gasteiger partial charge in [0.15, 0.2) is 0 Å². The second-order valence-electron chi connectivity index (χ2n) is 4.53. The highest BCUT2D eigenvalue weighted by molar-refractivity contribution is 9.08. The molecule has 0 spiro atoms. The van der Waals surface area contributed by atoms with Crippen LogP contribution in [0.3, 0.4) is 0 Å². The van der Waals surface area contributed by atoms with Crippen molar-refractivity contribution < 1.29 is 8.78 Å². The van der Waals surface area contributed by atoms with Crippen LogP contribution >= 0.6 is 15.9 Å². The van der Waals surface area contributed by atoms with Crippen LogP contribution in [0, 0.1) is 11.6 Å². The SMILES string of the molecule is CN(CCc1ccccn1)c1c(F)cc(CBr)cc1F. The summed E-state index contributed by atoms with van der Waals surface area (Å²) in [6.07, 6.45) is 2.34. The topological polar surface area (TPSA) is 16.1 Å². The normalized spacial score (nSPS) is 10.6. The van der Waals surface area contributed by atoms with E-state index in [1.54, 1.807) is 18.1 Å². The summed E-state index contributed by atoms with van der Waals surface area (Å²) in [6.45, 7) is 0.499. The summed E-state index contributed by atoms with van der Waals surface area (Å²) in [4.78, 5) is 5.78. The molecule has 0 amide bonds. The summed E-state index contributed by atoms with van der Waals surface area (Å²) in [6, 6.07) is 8.34. The third kappa shape index (κ3) is 3.54. The number of alkyl halides is 1. The predicted octanol–water partition coefficient (Wildman–Crippen LogP) is 3.93. The van der Waals surface area contributed by atoms with E-state index in [0.29, 0.717) is 23.9 Å². The Hall–Kier alpha value is -1.49. The van der Waals surface area contributed by atoms with Crippen molar-refractivity contribution in [2.45, 2.75) is 11.8 Å². The van der Waals surface area contributed by atoms with Crippen LogP contribution in [0.25, 0.3) is 0 Å². The van der Waals surface area contributed by atoms with Crippen LogP contribution in [-0.2, 0) is 11.8 Å². The van der Waals surface area contributed by atoms with Gasteiger partial charge < -0.3 is 4.90 Å². The van der Waals surface area contributed by atoms with Crippen LogP contribution in [0.2, 0.25) is 0 Å². The van der Waals surface area contributed by atoms with Crippen LogP contribution < -0.4 is 4.90 Å². The number of benzene rings is 1. The Labute approximate surface area is 125 Å². The molecule has 0 aliphatic rings. The fourth-order valence-electron chi connectivity index (χ4n) is 2.00. The average molecular weight is 341 g/mol. The molecule has 5 heteroatoms. The van der Waals surface area contributed by atoms with E-state index in [1.165, 1.54) is 12.1 Å². The molecule has 0 saturated heterocycles. The Morgan fingerprint density at radius 2 is 1.90 bits per heavy atom. The Morgan fingerprint density at radius 1 is 1.20 bits per heavy atom. The zero-order chi connectivity index (χ0) is 14.5. The maximum atomic E-state index is 14.0. The van der Waals surface area contributed by atoms with Gasteiger partial charge in [0.2, 0.25) is 0 Å². The molecule has 1 aromatic carbocycles. The molecule has 0 aliphatic heterocycles. The van der Waals surface area contributed by atoms with E-state index in [9.17, 15) is 8.78 Å². The lowest BCUT2D eigenvalue weighted by atomic mass is 10.2. The average Bonchev–Trinajstić information content (AvgIpc) is 2.45. The highest BCUT2D eigenvalue weighted by Crippen LogP contribution is 2.25. The van der Waals surface area contributed by atoms with Crippen molar-refractivity contribution in [3.8, 4) is 0 Å². The monoisotopic (exact) mass is 340 g/mol. The van der Waals surface area contributed by atoms with Crippen LogP contribution in [0.15, 0.2) is 36.5 Å². The molecule has 20 heavy (non-hydrogen) atoms. The number of pyridine rings is 1. The van der Waals surface area contributed by atoms with Crippen molar-refractivity contribution in [3.05, 3.63) is 59.4 Å². The zero-order valence-electron chi connectivity index (χ0n) is 11.1. The van der Waals surface area contributed by atoms with E-state index in [2.05, 4.69) is 20.9 Å². The molecule has 2 nitrogen and oxygen atoms in total. The summed E-state index contributed by atoms with van der Waals surface area (Å²) < 4.78 is 27.9. The summed E-state index contributed by atoms with van der Waals surface area (Å²) >= 11 is 3.19. The molecule has 2 rings (SSSR count). The summed E-state index contributed by atoms with van der Waals surface area (Å²) in [5.74, 6) is -1.08. The largest absolute Gasteiger partial charge is 0.369 e. The van der Waals surface area contributed by atoms with Gasteiger partial charge in [-0.2, -0.15) is 0 Å².